The van der Waals surface area contributed by atoms with E-state index in [1.54, 1.807) is 12.4 Å². The SMILES string of the molecule is c1cc(-c2nccn2Cc2nc(C3CCCCC3)no2)n2nccc2c1. The molecule has 4 aromatic heterocycles. The molecule has 1 fully saturated rings. The highest BCUT2D eigenvalue weighted by molar-refractivity contribution is 5.58. The fraction of sp³-hybridized carbons (Fsp3) is 0.368. The van der Waals surface area contributed by atoms with Gasteiger partial charge in [-0.2, -0.15) is 10.1 Å². The second-order valence-corrected chi connectivity index (χ2v) is 6.84. The molecule has 0 unspecified atom stereocenters. The quantitative estimate of drug-likeness (QED) is 0.562. The lowest BCUT2D eigenvalue weighted by atomic mass is 9.89. The van der Waals surface area contributed by atoms with E-state index in [1.165, 1.54) is 19.3 Å². The normalized spacial score (nSPS) is 15.7. The van der Waals surface area contributed by atoms with Crippen molar-refractivity contribution in [2.24, 2.45) is 0 Å². The first-order chi connectivity index (χ1) is 12.9. The molecule has 0 aliphatic heterocycles. The Morgan fingerprint density at radius 1 is 1.08 bits per heavy atom. The summed E-state index contributed by atoms with van der Waals surface area (Å²) in [5.41, 5.74) is 1.97. The van der Waals surface area contributed by atoms with Gasteiger partial charge in [-0.15, -0.1) is 0 Å². The first kappa shape index (κ1) is 15.3. The van der Waals surface area contributed by atoms with E-state index in [9.17, 15) is 0 Å². The van der Waals surface area contributed by atoms with Crippen LogP contribution < -0.4 is 0 Å². The van der Waals surface area contributed by atoms with Crippen LogP contribution in [0.5, 0.6) is 0 Å². The second kappa shape index (κ2) is 6.40. The first-order valence-corrected chi connectivity index (χ1v) is 9.15. The standard InChI is InChI=1S/C19H20N6O/c1-2-5-14(6-3-1)18-22-17(26-23-18)13-24-12-11-20-19(24)16-8-4-7-15-9-10-21-25(15)16/h4,7-12,14H,1-3,5-6,13H2. The van der Waals surface area contributed by atoms with Gasteiger partial charge in [0.05, 0.1) is 11.7 Å². The van der Waals surface area contributed by atoms with Crippen molar-refractivity contribution in [3.63, 3.8) is 0 Å². The summed E-state index contributed by atoms with van der Waals surface area (Å²) in [6.45, 7) is 0.507. The lowest BCUT2D eigenvalue weighted by Gasteiger charge is -2.17. The van der Waals surface area contributed by atoms with Gasteiger partial charge in [0, 0.05) is 18.3 Å². The summed E-state index contributed by atoms with van der Waals surface area (Å²) < 4.78 is 9.43. The number of hydrogen-bond acceptors (Lipinski definition) is 5. The molecule has 7 heteroatoms. The van der Waals surface area contributed by atoms with E-state index in [2.05, 4.69) is 20.2 Å². The molecule has 0 spiro atoms. The van der Waals surface area contributed by atoms with Gasteiger partial charge in [-0.25, -0.2) is 9.50 Å². The molecule has 132 valence electrons. The molecule has 4 aromatic rings. The Morgan fingerprint density at radius 2 is 2.00 bits per heavy atom. The van der Waals surface area contributed by atoms with Crippen molar-refractivity contribution >= 4 is 5.52 Å². The molecule has 0 bridgehead atoms. The van der Waals surface area contributed by atoms with Crippen LogP contribution in [0.1, 0.15) is 49.7 Å². The third-order valence-corrected chi connectivity index (χ3v) is 5.13. The minimum atomic E-state index is 0.446. The number of imidazole rings is 1. The second-order valence-electron chi connectivity index (χ2n) is 6.84. The summed E-state index contributed by atoms with van der Waals surface area (Å²) in [5.74, 6) is 2.76. The molecule has 0 amide bonds. The van der Waals surface area contributed by atoms with Crippen molar-refractivity contribution < 1.29 is 4.52 Å². The summed E-state index contributed by atoms with van der Waals surface area (Å²) in [4.78, 5) is 9.17. The first-order valence-electron chi connectivity index (χ1n) is 9.15. The molecule has 1 aliphatic carbocycles. The maximum absolute atomic E-state index is 5.52. The molecular formula is C19H20N6O. The van der Waals surface area contributed by atoms with Gasteiger partial charge in [0.1, 0.15) is 12.2 Å². The summed E-state index contributed by atoms with van der Waals surface area (Å²) in [6.07, 6.45) is 11.7. The van der Waals surface area contributed by atoms with Crippen LogP contribution in [0.2, 0.25) is 0 Å². The molecule has 0 saturated heterocycles. The fourth-order valence-corrected chi connectivity index (χ4v) is 3.79. The van der Waals surface area contributed by atoms with Crippen molar-refractivity contribution in [3.8, 4) is 11.5 Å². The molecule has 0 radical (unpaired) electrons. The third-order valence-electron chi connectivity index (χ3n) is 5.13. The Kier molecular flexibility index (Phi) is 3.77. The highest BCUT2D eigenvalue weighted by Gasteiger charge is 2.21. The van der Waals surface area contributed by atoms with E-state index in [1.807, 2.05) is 39.5 Å². The zero-order chi connectivity index (χ0) is 17.3. The summed E-state index contributed by atoms with van der Waals surface area (Å²) in [6, 6.07) is 8.03. The average Bonchev–Trinajstić information content (AvgIpc) is 3.43. The van der Waals surface area contributed by atoms with Gasteiger partial charge in [0.15, 0.2) is 11.6 Å². The number of hydrogen-bond donors (Lipinski definition) is 0. The van der Waals surface area contributed by atoms with Crippen molar-refractivity contribution in [2.75, 3.05) is 0 Å². The smallest absolute Gasteiger partial charge is 0.246 e. The largest absolute Gasteiger partial charge is 0.337 e. The Morgan fingerprint density at radius 3 is 2.92 bits per heavy atom. The van der Waals surface area contributed by atoms with Crippen LogP contribution >= 0.6 is 0 Å². The van der Waals surface area contributed by atoms with Gasteiger partial charge >= 0.3 is 0 Å². The van der Waals surface area contributed by atoms with Crippen LogP contribution in [-0.4, -0.2) is 29.3 Å². The topological polar surface area (TPSA) is 74.0 Å². The van der Waals surface area contributed by atoms with Crippen LogP contribution in [0.3, 0.4) is 0 Å². The molecule has 0 atom stereocenters. The van der Waals surface area contributed by atoms with Crippen molar-refractivity contribution in [1.82, 2.24) is 29.3 Å². The maximum atomic E-state index is 5.52. The number of pyridine rings is 1. The molecule has 1 saturated carbocycles. The van der Waals surface area contributed by atoms with E-state index in [4.69, 9.17) is 4.52 Å². The molecule has 7 nitrogen and oxygen atoms in total. The molecule has 1 aliphatic rings. The molecule has 0 N–H and O–H groups in total. The highest BCUT2D eigenvalue weighted by atomic mass is 16.5. The Balaban J connectivity index is 1.43. The van der Waals surface area contributed by atoms with Crippen LogP contribution in [0.4, 0.5) is 0 Å². The fourth-order valence-electron chi connectivity index (χ4n) is 3.79. The average molecular weight is 348 g/mol. The molecule has 4 heterocycles. The lowest BCUT2D eigenvalue weighted by Crippen LogP contribution is -2.07. The zero-order valence-electron chi connectivity index (χ0n) is 14.5. The predicted molar refractivity (Wildman–Crippen MR) is 95.6 cm³/mol. The summed E-state index contributed by atoms with van der Waals surface area (Å²) >= 11 is 0. The zero-order valence-corrected chi connectivity index (χ0v) is 14.5. The summed E-state index contributed by atoms with van der Waals surface area (Å²) in [5, 5.41) is 8.63. The van der Waals surface area contributed by atoms with Crippen LogP contribution in [0, 0.1) is 0 Å². The van der Waals surface area contributed by atoms with Gasteiger partial charge in [-0.05, 0) is 31.0 Å². The van der Waals surface area contributed by atoms with Gasteiger partial charge < -0.3 is 9.09 Å². The Bertz CT molecular complexity index is 1020. The molecule has 26 heavy (non-hydrogen) atoms. The van der Waals surface area contributed by atoms with Crippen LogP contribution in [-0.2, 0) is 6.54 Å². The Hall–Kier alpha value is -2.96. The van der Waals surface area contributed by atoms with Crippen LogP contribution in [0.15, 0.2) is 47.4 Å². The molecule has 0 aromatic carbocycles. The van der Waals surface area contributed by atoms with E-state index < -0.39 is 0 Å². The number of aromatic nitrogens is 6. The lowest BCUT2D eigenvalue weighted by molar-refractivity contribution is 0.353. The molecule has 5 rings (SSSR count). The van der Waals surface area contributed by atoms with Crippen molar-refractivity contribution in [1.29, 1.82) is 0 Å². The van der Waals surface area contributed by atoms with Crippen LogP contribution in [0.25, 0.3) is 17.0 Å². The third kappa shape index (κ3) is 2.69. The van der Waals surface area contributed by atoms with E-state index in [0.717, 1.165) is 35.7 Å². The number of nitrogens with zero attached hydrogens (tertiary/aromatic N) is 6. The molecular weight excluding hydrogens is 328 g/mol. The van der Waals surface area contributed by atoms with Crippen molar-refractivity contribution in [2.45, 2.75) is 44.6 Å². The minimum absolute atomic E-state index is 0.446. The number of fused-ring (bicyclic) bond motifs is 1. The van der Waals surface area contributed by atoms with Gasteiger partial charge in [0.2, 0.25) is 5.89 Å². The summed E-state index contributed by atoms with van der Waals surface area (Å²) in [7, 11) is 0. The monoisotopic (exact) mass is 348 g/mol. The van der Waals surface area contributed by atoms with E-state index in [-0.39, 0.29) is 0 Å². The Labute approximate surface area is 150 Å². The van der Waals surface area contributed by atoms with Gasteiger partial charge in [-0.1, -0.05) is 30.5 Å². The minimum Gasteiger partial charge on any atom is -0.337 e. The van der Waals surface area contributed by atoms with Gasteiger partial charge in [-0.3, -0.25) is 0 Å². The van der Waals surface area contributed by atoms with E-state index >= 15 is 0 Å². The van der Waals surface area contributed by atoms with Gasteiger partial charge in [0.25, 0.3) is 0 Å². The van der Waals surface area contributed by atoms with E-state index in [0.29, 0.717) is 18.4 Å². The highest BCUT2D eigenvalue weighted by Crippen LogP contribution is 2.31. The number of rotatable bonds is 4. The maximum Gasteiger partial charge on any atom is 0.246 e. The van der Waals surface area contributed by atoms with Crippen molar-refractivity contribution in [3.05, 3.63) is 54.6 Å². The predicted octanol–water partition coefficient (Wildman–Crippen LogP) is 3.68.